The van der Waals surface area contributed by atoms with Gasteiger partial charge in [0.25, 0.3) is 11.8 Å². The first-order valence-electron chi connectivity index (χ1n) is 11.5. The van der Waals surface area contributed by atoms with Crippen molar-refractivity contribution in [3.05, 3.63) is 102 Å². The van der Waals surface area contributed by atoms with Crippen LogP contribution in [0.3, 0.4) is 0 Å². The molecule has 5 rings (SSSR count). The Hall–Kier alpha value is -4.54. The molecule has 0 bridgehead atoms. The van der Waals surface area contributed by atoms with Crippen molar-refractivity contribution < 1.29 is 22.8 Å². The van der Waals surface area contributed by atoms with E-state index in [2.05, 4.69) is 20.4 Å². The Labute approximate surface area is 209 Å². The lowest BCUT2D eigenvalue weighted by Gasteiger charge is -2.38. The zero-order valence-electron chi connectivity index (χ0n) is 19.6. The molecule has 0 aliphatic carbocycles. The Kier molecular flexibility index (Phi) is 6.20. The molecular formula is C26H21F3N6O2. The standard InChI is InChI=1S/C26H21F3N6O2/c1-2-34-24-18(15-31-35(24)17-11-7-4-8-12-17)20(16-9-5-3-6-10-16)21(25(34)37)33-23(36)22-30-14-13-19(32-22)26(27,28)29/h3-15,20-21H,2H2,1H3,(H,33,36)/t20-,21+/m1/s1. The molecule has 2 aromatic heterocycles. The minimum Gasteiger partial charge on any atom is -0.337 e. The van der Waals surface area contributed by atoms with Crippen LogP contribution in [0.2, 0.25) is 0 Å². The quantitative estimate of drug-likeness (QED) is 0.442. The molecule has 0 saturated carbocycles. The van der Waals surface area contributed by atoms with Crippen LogP contribution in [0, 0.1) is 0 Å². The third kappa shape index (κ3) is 4.44. The number of para-hydroxylation sites is 1. The number of fused-ring (bicyclic) bond motifs is 1. The molecule has 0 saturated heterocycles. The maximum absolute atomic E-state index is 13.8. The van der Waals surface area contributed by atoms with Crippen LogP contribution in [-0.4, -0.2) is 44.1 Å². The average Bonchev–Trinajstić information content (AvgIpc) is 3.34. The summed E-state index contributed by atoms with van der Waals surface area (Å²) in [5, 5.41) is 7.15. The van der Waals surface area contributed by atoms with Crippen LogP contribution in [0.5, 0.6) is 0 Å². The SMILES string of the molecule is CCN1C(=O)[C@@H](NC(=O)c2nccc(C(F)(F)F)n2)[C@H](c2ccccc2)c2cnn(-c3ccccc3)c21. The van der Waals surface area contributed by atoms with E-state index in [0.29, 0.717) is 17.4 Å². The van der Waals surface area contributed by atoms with E-state index in [4.69, 9.17) is 0 Å². The number of nitrogens with one attached hydrogen (secondary N) is 1. The monoisotopic (exact) mass is 506 g/mol. The molecule has 0 radical (unpaired) electrons. The zero-order valence-corrected chi connectivity index (χ0v) is 19.6. The first-order chi connectivity index (χ1) is 17.8. The fourth-order valence-corrected chi connectivity index (χ4v) is 4.51. The number of amides is 2. The van der Waals surface area contributed by atoms with E-state index in [-0.39, 0.29) is 6.54 Å². The average molecular weight is 506 g/mol. The molecule has 2 atom stereocenters. The van der Waals surface area contributed by atoms with Gasteiger partial charge in [-0.3, -0.25) is 14.5 Å². The lowest BCUT2D eigenvalue weighted by Crippen LogP contribution is -2.55. The summed E-state index contributed by atoms with van der Waals surface area (Å²) in [6.07, 6.45) is -2.23. The minimum absolute atomic E-state index is 0.276. The van der Waals surface area contributed by atoms with Crippen LogP contribution in [-0.2, 0) is 11.0 Å². The number of benzene rings is 2. The highest BCUT2D eigenvalue weighted by atomic mass is 19.4. The van der Waals surface area contributed by atoms with Crippen LogP contribution in [0.15, 0.2) is 79.1 Å². The number of rotatable bonds is 5. The maximum atomic E-state index is 13.8. The Morgan fingerprint density at radius 3 is 2.35 bits per heavy atom. The van der Waals surface area contributed by atoms with Gasteiger partial charge in [-0.2, -0.15) is 18.3 Å². The number of carbonyl (C=O) groups excluding carboxylic acids is 2. The summed E-state index contributed by atoms with van der Waals surface area (Å²) >= 11 is 0. The van der Waals surface area contributed by atoms with E-state index in [1.165, 1.54) is 4.90 Å². The molecule has 2 aromatic carbocycles. The molecule has 8 nitrogen and oxygen atoms in total. The number of likely N-dealkylation sites (N-methyl/N-ethyl adjacent to an activating group) is 1. The lowest BCUT2D eigenvalue weighted by molar-refractivity contribution is -0.141. The molecule has 1 aliphatic heterocycles. The first-order valence-corrected chi connectivity index (χ1v) is 11.5. The second-order valence-corrected chi connectivity index (χ2v) is 8.36. The van der Waals surface area contributed by atoms with Gasteiger partial charge in [-0.05, 0) is 30.7 Å². The van der Waals surface area contributed by atoms with Crippen molar-refractivity contribution in [2.75, 3.05) is 11.4 Å². The van der Waals surface area contributed by atoms with Gasteiger partial charge < -0.3 is 5.32 Å². The normalized spacial score (nSPS) is 17.4. The predicted molar refractivity (Wildman–Crippen MR) is 128 cm³/mol. The topological polar surface area (TPSA) is 93.0 Å². The summed E-state index contributed by atoms with van der Waals surface area (Å²) in [6.45, 7) is 2.07. The smallest absolute Gasteiger partial charge is 0.337 e. The maximum Gasteiger partial charge on any atom is 0.433 e. The Morgan fingerprint density at radius 2 is 1.70 bits per heavy atom. The number of halogens is 3. The highest BCUT2D eigenvalue weighted by Gasteiger charge is 2.44. The third-order valence-corrected chi connectivity index (χ3v) is 6.14. The predicted octanol–water partition coefficient (Wildman–Crippen LogP) is 3.98. The number of anilines is 1. The van der Waals surface area contributed by atoms with Crippen molar-refractivity contribution in [2.45, 2.75) is 25.1 Å². The molecule has 2 amide bonds. The van der Waals surface area contributed by atoms with Crippen molar-refractivity contribution in [3.8, 4) is 5.69 Å². The van der Waals surface area contributed by atoms with Gasteiger partial charge in [0, 0.05) is 24.2 Å². The van der Waals surface area contributed by atoms with E-state index in [0.717, 1.165) is 17.4 Å². The minimum atomic E-state index is -4.74. The van der Waals surface area contributed by atoms with Crippen molar-refractivity contribution in [1.29, 1.82) is 0 Å². The van der Waals surface area contributed by atoms with Crippen molar-refractivity contribution in [1.82, 2.24) is 25.1 Å². The number of alkyl halides is 3. The summed E-state index contributed by atoms with van der Waals surface area (Å²) < 4.78 is 41.1. The van der Waals surface area contributed by atoms with Gasteiger partial charge in [0.1, 0.15) is 17.6 Å². The van der Waals surface area contributed by atoms with Crippen molar-refractivity contribution >= 4 is 17.6 Å². The van der Waals surface area contributed by atoms with Gasteiger partial charge in [-0.25, -0.2) is 14.6 Å². The van der Waals surface area contributed by atoms with Crippen molar-refractivity contribution in [3.63, 3.8) is 0 Å². The van der Waals surface area contributed by atoms with Crippen LogP contribution in [0.4, 0.5) is 19.0 Å². The molecule has 188 valence electrons. The largest absolute Gasteiger partial charge is 0.433 e. The van der Waals surface area contributed by atoms with E-state index < -0.39 is 41.5 Å². The van der Waals surface area contributed by atoms with E-state index in [1.807, 2.05) is 60.7 Å². The fraction of sp³-hybridized carbons (Fsp3) is 0.192. The van der Waals surface area contributed by atoms with Crippen LogP contribution in [0.1, 0.15) is 40.3 Å². The van der Waals surface area contributed by atoms with E-state index in [1.54, 1.807) is 17.8 Å². The van der Waals surface area contributed by atoms with Gasteiger partial charge in [0.15, 0.2) is 0 Å². The highest BCUT2D eigenvalue weighted by Crippen LogP contribution is 2.41. The molecule has 1 N–H and O–H groups in total. The fourth-order valence-electron chi connectivity index (χ4n) is 4.51. The number of aromatic nitrogens is 4. The van der Waals surface area contributed by atoms with Gasteiger partial charge in [-0.15, -0.1) is 0 Å². The second-order valence-electron chi connectivity index (χ2n) is 8.36. The molecule has 11 heteroatoms. The summed E-state index contributed by atoms with van der Waals surface area (Å²) in [6, 6.07) is 17.9. The molecular weight excluding hydrogens is 485 g/mol. The van der Waals surface area contributed by atoms with Gasteiger partial charge >= 0.3 is 6.18 Å². The lowest BCUT2D eigenvalue weighted by atomic mass is 9.82. The van der Waals surface area contributed by atoms with Crippen molar-refractivity contribution in [2.24, 2.45) is 0 Å². The van der Waals surface area contributed by atoms with Crippen LogP contribution < -0.4 is 10.2 Å². The number of carbonyl (C=O) groups is 2. The summed E-state index contributed by atoms with van der Waals surface area (Å²) in [5.41, 5.74) is 0.924. The van der Waals surface area contributed by atoms with E-state index in [9.17, 15) is 22.8 Å². The Morgan fingerprint density at radius 1 is 1.03 bits per heavy atom. The van der Waals surface area contributed by atoms with Gasteiger partial charge in [0.05, 0.1) is 11.9 Å². The molecule has 0 unspecified atom stereocenters. The van der Waals surface area contributed by atoms with Crippen LogP contribution in [0.25, 0.3) is 5.69 Å². The van der Waals surface area contributed by atoms with Gasteiger partial charge in [0.2, 0.25) is 5.82 Å². The second kappa shape index (κ2) is 9.49. The molecule has 0 spiro atoms. The highest BCUT2D eigenvalue weighted by molar-refractivity contribution is 6.04. The first kappa shape index (κ1) is 24.2. The molecule has 1 aliphatic rings. The molecule has 3 heterocycles. The van der Waals surface area contributed by atoms with Crippen LogP contribution >= 0.6 is 0 Å². The summed E-state index contributed by atoms with van der Waals surface area (Å²) in [4.78, 5) is 35.5. The molecule has 0 fully saturated rings. The molecule has 37 heavy (non-hydrogen) atoms. The number of hydrogen-bond donors (Lipinski definition) is 1. The number of nitrogens with zero attached hydrogens (tertiary/aromatic N) is 5. The van der Waals surface area contributed by atoms with E-state index >= 15 is 0 Å². The third-order valence-electron chi connectivity index (χ3n) is 6.14. The summed E-state index contributed by atoms with van der Waals surface area (Å²) in [7, 11) is 0. The Bertz CT molecular complexity index is 1440. The summed E-state index contributed by atoms with van der Waals surface area (Å²) in [5.74, 6) is -2.18. The molecule has 4 aromatic rings. The van der Waals surface area contributed by atoms with Gasteiger partial charge in [-0.1, -0.05) is 48.5 Å². The number of hydrogen-bond acceptors (Lipinski definition) is 5. The Balaban J connectivity index is 1.60. The zero-order chi connectivity index (χ0) is 26.2.